The molecular formula is C13H25N2NaO11. The number of hydrogen-bond donors (Lipinski definition) is 7. The van der Waals surface area contributed by atoms with Crippen molar-refractivity contribution in [2.24, 2.45) is 0 Å². The van der Waals surface area contributed by atoms with Gasteiger partial charge in [0.15, 0.2) is 0 Å². The minimum atomic E-state index is -1.23. The molecule has 0 saturated carbocycles. The molecule has 0 rings (SSSR count). The molecule has 154 valence electrons. The van der Waals surface area contributed by atoms with E-state index in [4.69, 9.17) is 35.7 Å². The first-order chi connectivity index (χ1) is 12.0. The monoisotopic (exact) mass is 408 g/mol. The number of carbonyl (C=O) groups is 4. The fourth-order valence-electron chi connectivity index (χ4n) is 1.53. The summed E-state index contributed by atoms with van der Waals surface area (Å²) >= 11 is 0. The van der Waals surface area contributed by atoms with Crippen molar-refractivity contribution in [3.63, 3.8) is 0 Å². The van der Waals surface area contributed by atoms with Gasteiger partial charge in [-0.3, -0.25) is 29.0 Å². The molecule has 0 aromatic rings. The Bertz CT molecular complexity index is 392. The molecule has 0 unspecified atom stereocenters. The summed E-state index contributed by atoms with van der Waals surface area (Å²) in [6.07, 6.45) is -0.954. The summed E-state index contributed by atoms with van der Waals surface area (Å²) in [6, 6.07) is 0. The first-order valence-electron chi connectivity index (χ1n) is 7.23. The standard InChI is InChI=1S/C10H16N2O8.C3H8O3.Na.H/c13-7(14)3-11(4-8(15)16)1-2-12(5-9(17)18)6-10(19)20;4-1-3(6)2-5;;/h1-6H2,(H,13,14)(H,15,16)(H,17,18)(H,19,20);3-6H,1-2H2;;. The second-order valence-electron chi connectivity index (χ2n) is 5.02. The van der Waals surface area contributed by atoms with E-state index in [1.165, 1.54) is 0 Å². The summed E-state index contributed by atoms with van der Waals surface area (Å²) < 4.78 is 0. The zero-order valence-corrected chi connectivity index (χ0v) is 13.9. The Kier molecular flexibility index (Phi) is 20.3. The molecular weight excluding hydrogens is 383 g/mol. The summed E-state index contributed by atoms with van der Waals surface area (Å²) in [5.41, 5.74) is 0. The third kappa shape index (κ3) is 22.6. The van der Waals surface area contributed by atoms with Crippen LogP contribution in [0.15, 0.2) is 0 Å². The number of aliphatic hydroxyl groups excluding tert-OH is 3. The summed E-state index contributed by atoms with van der Waals surface area (Å²) in [6.45, 7) is -2.98. The van der Waals surface area contributed by atoms with Crippen molar-refractivity contribution >= 4 is 53.4 Å². The molecule has 7 N–H and O–H groups in total. The van der Waals surface area contributed by atoms with Crippen LogP contribution in [0.1, 0.15) is 0 Å². The van der Waals surface area contributed by atoms with E-state index in [0.717, 1.165) is 9.80 Å². The molecule has 0 atom stereocenters. The molecule has 0 heterocycles. The van der Waals surface area contributed by atoms with Crippen molar-refractivity contribution in [1.82, 2.24) is 9.80 Å². The van der Waals surface area contributed by atoms with Gasteiger partial charge in [0.25, 0.3) is 0 Å². The first kappa shape index (κ1) is 30.4. The van der Waals surface area contributed by atoms with Crippen molar-refractivity contribution < 1.29 is 54.9 Å². The fraction of sp³-hybridized carbons (Fsp3) is 0.692. The van der Waals surface area contributed by atoms with Gasteiger partial charge in [0.1, 0.15) is 6.10 Å². The van der Waals surface area contributed by atoms with E-state index in [1.807, 2.05) is 0 Å². The van der Waals surface area contributed by atoms with Crippen LogP contribution in [0.5, 0.6) is 0 Å². The zero-order chi connectivity index (χ0) is 20.7. The summed E-state index contributed by atoms with van der Waals surface area (Å²) in [7, 11) is 0. The molecule has 0 aromatic heterocycles. The second kappa shape index (κ2) is 18.1. The van der Waals surface area contributed by atoms with E-state index in [0.29, 0.717) is 0 Å². The summed E-state index contributed by atoms with van der Waals surface area (Å²) in [5.74, 6) is -4.91. The van der Waals surface area contributed by atoms with E-state index < -0.39 is 56.2 Å². The van der Waals surface area contributed by atoms with Crippen LogP contribution >= 0.6 is 0 Å². The number of hydrogen-bond acceptors (Lipinski definition) is 9. The van der Waals surface area contributed by atoms with Crippen LogP contribution < -0.4 is 0 Å². The van der Waals surface area contributed by atoms with Crippen molar-refractivity contribution in [3.05, 3.63) is 0 Å². The molecule has 0 spiro atoms. The number of carboxylic acid groups (broad SMARTS) is 4. The Morgan fingerprint density at radius 1 is 0.630 bits per heavy atom. The molecule has 0 radical (unpaired) electrons. The predicted molar refractivity (Wildman–Crippen MR) is 90.8 cm³/mol. The molecule has 14 heteroatoms. The van der Waals surface area contributed by atoms with Crippen LogP contribution in [0.4, 0.5) is 0 Å². The number of aliphatic hydroxyl groups is 3. The third-order valence-corrected chi connectivity index (χ3v) is 2.59. The topological polar surface area (TPSA) is 216 Å². The van der Waals surface area contributed by atoms with Crippen LogP contribution in [-0.4, -0.2) is 158 Å². The van der Waals surface area contributed by atoms with Gasteiger partial charge >= 0.3 is 53.4 Å². The number of carboxylic acids is 4. The molecule has 0 aliphatic rings. The zero-order valence-electron chi connectivity index (χ0n) is 13.9. The average Bonchev–Trinajstić information content (AvgIpc) is 2.50. The van der Waals surface area contributed by atoms with Crippen LogP contribution in [0.25, 0.3) is 0 Å². The van der Waals surface area contributed by atoms with Crippen molar-refractivity contribution in [2.75, 3.05) is 52.5 Å². The van der Waals surface area contributed by atoms with Gasteiger partial charge in [-0.15, -0.1) is 0 Å². The Balaban J connectivity index is -0.000000709. The molecule has 0 fully saturated rings. The van der Waals surface area contributed by atoms with Gasteiger partial charge in [0.2, 0.25) is 0 Å². The fourth-order valence-corrected chi connectivity index (χ4v) is 1.53. The van der Waals surface area contributed by atoms with E-state index in [2.05, 4.69) is 0 Å². The van der Waals surface area contributed by atoms with Crippen LogP contribution in [-0.2, 0) is 19.2 Å². The molecule has 13 nitrogen and oxygen atoms in total. The van der Waals surface area contributed by atoms with Gasteiger partial charge in [0, 0.05) is 13.1 Å². The van der Waals surface area contributed by atoms with E-state index in [-0.39, 0.29) is 55.9 Å². The Morgan fingerprint density at radius 2 is 0.852 bits per heavy atom. The van der Waals surface area contributed by atoms with Crippen LogP contribution in [0, 0.1) is 0 Å². The Hall–Kier alpha value is -1.32. The van der Waals surface area contributed by atoms with Crippen LogP contribution in [0.2, 0.25) is 0 Å². The number of aliphatic carboxylic acids is 4. The quantitative estimate of drug-likeness (QED) is 0.143. The van der Waals surface area contributed by atoms with Gasteiger partial charge in [0.05, 0.1) is 39.4 Å². The van der Waals surface area contributed by atoms with Crippen molar-refractivity contribution in [2.45, 2.75) is 6.10 Å². The normalized spacial score (nSPS) is 10.1. The molecule has 0 saturated heterocycles. The maximum atomic E-state index is 10.6. The van der Waals surface area contributed by atoms with Gasteiger partial charge in [-0.2, -0.15) is 0 Å². The van der Waals surface area contributed by atoms with E-state index in [9.17, 15) is 19.2 Å². The summed E-state index contributed by atoms with van der Waals surface area (Å²) in [4.78, 5) is 44.4. The van der Waals surface area contributed by atoms with E-state index >= 15 is 0 Å². The number of rotatable bonds is 13. The molecule has 0 aliphatic carbocycles. The average molecular weight is 408 g/mol. The molecule has 27 heavy (non-hydrogen) atoms. The molecule has 0 amide bonds. The predicted octanol–water partition coefficient (Wildman–Crippen LogP) is -4.39. The third-order valence-electron chi connectivity index (χ3n) is 2.59. The van der Waals surface area contributed by atoms with Crippen LogP contribution in [0.3, 0.4) is 0 Å². The first-order valence-corrected chi connectivity index (χ1v) is 7.23. The van der Waals surface area contributed by atoms with E-state index in [1.54, 1.807) is 0 Å². The molecule has 0 aromatic carbocycles. The van der Waals surface area contributed by atoms with Crippen molar-refractivity contribution in [1.29, 1.82) is 0 Å². The number of nitrogens with zero attached hydrogens (tertiary/aromatic N) is 2. The maximum absolute atomic E-state index is 10.6. The van der Waals surface area contributed by atoms with Crippen molar-refractivity contribution in [3.8, 4) is 0 Å². The second-order valence-corrected chi connectivity index (χ2v) is 5.02. The Morgan fingerprint density at radius 3 is 0.963 bits per heavy atom. The van der Waals surface area contributed by atoms with Gasteiger partial charge in [-0.1, -0.05) is 0 Å². The Labute approximate surface area is 176 Å². The van der Waals surface area contributed by atoms with Gasteiger partial charge < -0.3 is 35.7 Å². The molecule has 0 bridgehead atoms. The molecule has 0 aliphatic heterocycles. The SMILES string of the molecule is O=C(O)CN(CCN(CC(=O)O)CC(=O)O)CC(=O)O.OCC(O)CO.[NaH]. The minimum absolute atomic E-state index is 0. The van der Waals surface area contributed by atoms with Gasteiger partial charge in [-0.05, 0) is 0 Å². The summed E-state index contributed by atoms with van der Waals surface area (Å²) in [5, 5.41) is 58.5. The van der Waals surface area contributed by atoms with Gasteiger partial charge in [-0.25, -0.2) is 0 Å².